The number of nitrogens with zero attached hydrogens (tertiary/aromatic N) is 4. The summed E-state index contributed by atoms with van der Waals surface area (Å²) in [6.45, 7) is 6.40. The molecule has 30 heavy (non-hydrogen) atoms. The van der Waals surface area contributed by atoms with Gasteiger partial charge >= 0.3 is 6.03 Å². The first-order valence-electron chi connectivity index (χ1n) is 10.6. The molecule has 1 N–H and O–H groups in total. The number of pyridine rings is 1. The molecule has 0 bridgehead atoms. The van der Waals surface area contributed by atoms with E-state index in [1.165, 1.54) is 12.8 Å². The number of aromatic nitrogens is 1. The number of hydrogen-bond acceptors (Lipinski definition) is 5. The predicted octanol–water partition coefficient (Wildman–Crippen LogP) is 3.56. The molecule has 4 rings (SSSR count). The summed E-state index contributed by atoms with van der Waals surface area (Å²) in [5.41, 5.74) is 0.792. The van der Waals surface area contributed by atoms with Gasteiger partial charge in [-0.1, -0.05) is 23.7 Å². The lowest BCUT2D eigenvalue weighted by molar-refractivity contribution is 0.132. The Morgan fingerprint density at radius 2 is 1.80 bits per heavy atom. The van der Waals surface area contributed by atoms with Crippen molar-refractivity contribution in [3.05, 3.63) is 47.6 Å². The molecule has 8 heteroatoms. The molecule has 0 saturated carbocycles. The average molecular weight is 430 g/mol. The molecular formula is C22H28ClN5O2. The molecule has 0 atom stereocenters. The van der Waals surface area contributed by atoms with Crippen molar-refractivity contribution in [1.29, 1.82) is 0 Å². The SMILES string of the molecule is O=C(Nc1cccnc1N1CCCC1)N1CCN(CCOc2ccccc2Cl)CC1. The van der Waals surface area contributed by atoms with Gasteiger partial charge in [-0.2, -0.15) is 0 Å². The van der Waals surface area contributed by atoms with Crippen LogP contribution in [0.2, 0.25) is 5.02 Å². The highest BCUT2D eigenvalue weighted by Gasteiger charge is 2.23. The number of amides is 2. The molecule has 2 amide bonds. The van der Waals surface area contributed by atoms with Crippen LogP contribution in [0.4, 0.5) is 16.3 Å². The molecule has 2 fully saturated rings. The Bertz CT molecular complexity index is 851. The maximum Gasteiger partial charge on any atom is 0.322 e. The first-order valence-corrected chi connectivity index (χ1v) is 10.9. The third-order valence-electron chi connectivity index (χ3n) is 5.60. The van der Waals surface area contributed by atoms with Gasteiger partial charge in [0.1, 0.15) is 12.4 Å². The van der Waals surface area contributed by atoms with E-state index in [-0.39, 0.29) is 6.03 Å². The van der Waals surface area contributed by atoms with Crippen molar-refractivity contribution in [1.82, 2.24) is 14.8 Å². The van der Waals surface area contributed by atoms with Gasteiger partial charge in [-0.3, -0.25) is 4.90 Å². The monoisotopic (exact) mass is 429 g/mol. The summed E-state index contributed by atoms with van der Waals surface area (Å²) < 4.78 is 5.78. The summed E-state index contributed by atoms with van der Waals surface area (Å²) in [5.74, 6) is 1.58. The molecule has 0 radical (unpaired) electrons. The third kappa shape index (κ3) is 5.15. The van der Waals surface area contributed by atoms with Crippen molar-refractivity contribution < 1.29 is 9.53 Å². The highest BCUT2D eigenvalue weighted by Crippen LogP contribution is 2.26. The molecule has 2 aliphatic heterocycles. The lowest BCUT2D eigenvalue weighted by Crippen LogP contribution is -2.50. The van der Waals surface area contributed by atoms with E-state index in [1.807, 2.05) is 41.3 Å². The number of hydrogen-bond donors (Lipinski definition) is 1. The Kier molecular flexibility index (Phi) is 6.92. The van der Waals surface area contributed by atoms with Gasteiger partial charge in [-0.05, 0) is 37.1 Å². The van der Waals surface area contributed by atoms with Crippen LogP contribution in [0.1, 0.15) is 12.8 Å². The first kappa shape index (κ1) is 20.8. The standard InChI is InChI=1S/C22H28ClN5O2/c23-18-6-1-2-8-20(18)30-17-16-26-12-14-28(15-13-26)22(29)25-19-7-5-9-24-21(19)27-10-3-4-11-27/h1-2,5-9H,3-4,10-17H2,(H,25,29). The number of urea groups is 1. The van der Waals surface area contributed by atoms with Gasteiger partial charge in [0.05, 0.1) is 10.7 Å². The normalized spacial score (nSPS) is 17.2. The predicted molar refractivity (Wildman–Crippen MR) is 120 cm³/mol. The molecular weight excluding hydrogens is 402 g/mol. The lowest BCUT2D eigenvalue weighted by Gasteiger charge is -2.34. The van der Waals surface area contributed by atoms with E-state index in [0.29, 0.717) is 30.5 Å². The number of rotatable bonds is 6. The summed E-state index contributed by atoms with van der Waals surface area (Å²) in [4.78, 5) is 23.7. The van der Waals surface area contributed by atoms with Crippen LogP contribution >= 0.6 is 11.6 Å². The van der Waals surface area contributed by atoms with E-state index >= 15 is 0 Å². The van der Waals surface area contributed by atoms with Crippen LogP contribution in [0.3, 0.4) is 0 Å². The number of halogens is 1. The highest BCUT2D eigenvalue weighted by atomic mass is 35.5. The third-order valence-corrected chi connectivity index (χ3v) is 5.91. The van der Waals surface area contributed by atoms with Crippen LogP contribution in [0.5, 0.6) is 5.75 Å². The Morgan fingerprint density at radius 1 is 1.03 bits per heavy atom. The second-order valence-electron chi connectivity index (χ2n) is 7.61. The number of benzene rings is 1. The van der Waals surface area contributed by atoms with Crippen molar-refractivity contribution in [3.8, 4) is 5.75 Å². The molecule has 7 nitrogen and oxygen atoms in total. The minimum absolute atomic E-state index is 0.0598. The number of carbonyl (C=O) groups excluding carboxylic acids is 1. The van der Waals surface area contributed by atoms with E-state index < -0.39 is 0 Å². The number of piperazine rings is 1. The van der Waals surface area contributed by atoms with Crippen LogP contribution < -0.4 is 15.0 Å². The van der Waals surface area contributed by atoms with Gasteiger partial charge in [0.2, 0.25) is 0 Å². The average Bonchev–Trinajstić information content (AvgIpc) is 3.31. The zero-order valence-electron chi connectivity index (χ0n) is 17.1. The number of anilines is 2. The quantitative estimate of drug-likeness (QED) is 0.760. The fourth-order valence-corrected chi connectivity index (χ4v) is 4.08. The second-order valence-corrected chi connectivity index (χ2v) is 8.01. The Labute approximate surface area is 182 Å². The number of carbonyl (C=O) groups is 1. The summed E-state index contributed by atoms with van der Waals surface area (Å²) in [6, 6.07) is 11.2. The van der Waals surface area contributed by atoms with Crippen LogP contribution in [0.25, 0.3) is 0 Å². The van der Waals surface area contributed by atoms with Gasteiger partial charge in [-0.15, -0.1) is 0 Å². The molecule has 0 unspecified atom stereocenters. The van der Waals surface area contributed by atoms with E-state index in [1.54, 1.807) is 6.20 Å². The molecule has 1 aromatic heterocycles. The summed E-state index contributed by atoms with van der Waals surface area (Å²) in [5, 5.41) is 3.70. The molecule has 0 aliphatic carbocycles. The van der Waals surface area contributed by atoms with E-state index in [2.05, 4.69) is 20.1 Å². The number of para-hydroxylation sites is 1. The highest BCUT2D eigenvalue weighted by molar-refractivity contribution is 6.32. The smallest absolute Gasteiger partial charge is 0.322 e. The molecule has 2 saturated heterocycles. The van der Waals surface area contributed by atoms with E-state index in [9.17, 15) is 4.79 Å². The van der Waals surface area contributed by atoms with Gasteiger partial charge in [-0.25, -0.2) is 9.78 Å². The maximum atomic E-state index is 12.8. The molecule has 160 valence electrons. The number of ether oxygens (including phenoxy) is 1. The first-order chi connectivity index (χ1) is 14.7. The summed E-state index contributed by atoms with van der Waals surface area (Å²) in [6.07, 6.45) is 4.13. The van der Waals surface area contributed by atoms with Gasteiger partial charge < -0.3 is 19.9 Å². The summed E-state index contributed by atoms with van der Waals surface area (Å²) in [7, 11) is 0. The molecule has 2 aliphatic rings. The van der Waals surface area contributed by atoms with Crippen molar-refractivity contribution in [2.75, 3.05) is 62.6 Å². The van der Waals surface area contributed by atoms with Gasteiger partial charge in [0.15, 0.2) is 5.82 Å². The van der Waals surface area contributed by atoms with Crippen LogP contribution in [0.15, 0.2) is 42.6 Å². The van der Waals surface area contributed by atoms with Gasteiger partial charge in [0, 0.05) is 52.0 Å². The van der Waals surface area contributed by atoms with Gasteiger partial charge in [0.25, 0.3) is 0 Å². The van der Waals surface area contributed by atoms with Crippen LogP contribution in [-0.2, 0) is 0 Å². The van der Waals surface area contributed by atoms with Crippen molar-refractivity contribution in [2.24, 2.45) is 0 Å². The Balaban J connectivity index is 1.23. The largest absolute Gasteiger partial charge is 0.491 e. The van der Waals surface area contributed by atoms with Crippen LogP contribution in [-0.4, -0.2) is 73.2 Å². The molecule has 3 heterocycles. The summed E-state index contributed by atoms with van der Waals surface area (Å²) >= 11 is 6.12. The molecule has 1 aromatic carbocycles. The van der Waals surface area contributed by atoms with E-state index in [0.717, 1.165) is 44.2 Å². The molecule has 0 spiro atoms. The lowest BCUT2D eigenvalue weighted by atomic mass is 10.3. The van der Waals surface area contributed by atoms with Crippen molar-refractivity contribution in [3.63, 3.8) is 0 Å². The Morgan fingerprint density at radius 3 is 2.57 bits per heavy atom. The van der Waals surface area contributed by atoms with E-state index in [4.69, 9.17) is 16.3 Å². The molecule has 2 aromatic rings. The minimum atomic E-state index is -0.0598. The minimum Gasteiger partial charge on any atom is -0.491 e. The second kappa shape index (κ2) is 10.00. The van der Waals surface area contributed by atoms with Crippen molar-refractivity contribution >= 4 is 29.1 Å². The van der Waals surface area contributed by atoms with Crippen molar-refractivity contribution in [2.45, 2.75) is 12.8 Å². The number of nitrogens with one attached hydrogen (secondary N) is 1. The zero-order valence-corrected chi connectivity index (χ0v) is 17.9. The Hall–Kier alpha value is -2.51. The van der Waals surface area contributed by atoms with Crippen LogP contribution in [0, 0.1) is 0 Å². The maximum absolute atomic E-state index is 12.8. The fourth-order valence-electron chi connectivity index (χ4n) is 3.89. The topological polar surface area (TPSA) is 60.9 Å². The zero-order chi connectivity index (χ0) is 20.8. The fraction of sp³-hybridized carbons (Fsp3) is 0.455.